The molecule has 0 saturated heterocycles. The number of carbonyl (C=O) groups is 2. The first-order valence-corrected chi connectivity index (χ1v) is 10.1. The molecule has 152 valence electrons. The van der Waals surface area contributed by atoms with Crippen molar-refractivity contribution in [1.82, 2.24) is 14.8 Å². The molecule has 0 amide bonds. The molecule has 2 heterocycles. The Hall–Kier alpha value is -3.07. The van der Waals surface area contributed by atoms with E-state index in [0.717, 1.165) is 0 Å². The predicted molar refractivity (Wildman–Crippen MR) is 107 cm³/mol. The van der Waals surface area contributed by atoms with Crippen molar-refractivity contribution in [3.8, 4) is 17.3 Å². The number of thioether (sulfide) groups is 1. The van der Waals surface area contributed by atoms with Gasteiger partial charge in [0.15, 0.2) is 29.1 Å². The highest BCUT2D eigenvalue weighted by molar-refractivity contribution is 7.99. The molecule has 1 aromatic carbocycles. The number of esters is 1. The number of Topliss-reactive ketones (excluding diaryl/α,β-unsaturated/α-hetero) is 1. The number of hydrogen-bond acceptors (Lipinski definition) is 8. The second-order valence-corrected chi connectivity index (χ2v) is 6.80. The predicted octanol–water partition coefficient (Wildman–Crippen LogP) is 3.47. The zero-order valence-corrected chi connectivity index (χ0v) is 17.0. The SMILES string of the molecule is CCOc1ccc(C(=O)COC(=O)CSc2nnc(-c3ccco3)n2CC)cc1. The number of nitrogens with zero attached hydrogens (tertiary/aromatic N) is 3. The normalized spacial score (nSPS) is 10.7. The van der Waals surface area contributed by atoms with E-state index in [-0.39, 0.29) is 18.1 Å². The number of benzene rings is 1. The van der Waals surface area contributed by atoms with Gasteiger partial charge in [0.05, 0.1) is 18.6 Å². The maximum atomic E-state index is 12.2. The van der Waals surface area contributed by atoms with Crippen LogP contribution < -0.4 is 4.74 Å². The molecule has 0 bridgehead atoms. The van der Waals surface area contributed by atoms with Crippen LogP contribution in [0, 0.1) is 0 Å². The summed E-state index contributed by atoms with van der Waals surface area (Å²) in [6, 6.07) is 10.3. The first-order chi connectivity index (χ1) is 14.1. The molecule has 0 fully saturated rings. The Bertz CT molecular complexity index is 951. The summed E-state index contributed by atoms with van der Waals surface area (Å²) in [6.45, 7) is 4.70. The van der Waals surface area contributed by atoms with Crippen LogP contribution in [-0.2, 0) is 16.1 Å². The van der Waals surface area contributed by atoms with Gasteiger partial charge < -0.3 is 13.9 Å². The standard InChI is InChI=1S/C20H21N3O5S/c1-3-23-19(17-6-5-11-27-17)21-22-20(23)29-13-18(25)28-12-16(24)14-7-9-15(10-8-14)26-4-2/h5-11H,3-4,12-13H2,1-2H3. The van der Waals surface area contributed by atoms with Crippen LogP contribution in [0.3, 0.4) is 0 Å². The van der Waals surface area contributed by atoms with Crippen molar-refractivity contribution in [3.63, 3.8) is 0 Å². The average Bonchev–Trinajstić information content (AvgIpc) is 3.40. The summed E-state index contributed by atoms with van der Waals surface area (Å²) in [5.74, 6) is 1.13. The number of hydrogen-bond donors (Lipinski definition) is 0. The van der Waals surface area contributed by atoms with E-state index in [1.54, 1.807) is 42.7 Å². The maximum absolute atomic E-state index is 12.2. The number of carbonyl (C=O) groups excluding carboxylic acids is 2. The number of rotatable bonds is 10. The van der Waals surface area contributed by atoms with Crippen LogP contribution in [0.4, 0.5) is 0 Å². The van der Waals surface area contributed by atoms with Gasteiger partial charge in [-0.3, -0.25) is 14.2 Å². The largest absolute Gasteiger partial charge is 0.494 e. The fourth-order valence-corrected chi connectivity index (χ4v) is 3.37. The Morgan fingerprint density at radius 3 is 2.59 bits per heavy atom. The first kappa shape index (κ1) is 20.7. The highest BCUT2D eigenvalue weighted by Crippen LogP contribution is 2.24. The lowest BCUT2D eigenvalue weighted by Crippen LogP contribution is -2.16. The van der Waals surface area contributed by atoms with Crippen molar-refractivity contribution in [1.29, 1.82) is 0 Å². The van der Waals surface area contributed by atoms with Crippen LogP contribution in [0.5, 0.6) is 5.75 Å². The summed E-state index contributed by atoms with van der Waals surface area (Å²) >= 11 is 1.20. The second kappa shape index (κ2) is 9.92. The van der Waals surface area contributed by atoms with Crippen molar-refractivity contribution in [2.75, 3.05) is 19.0 Å². The van der Waals surface area contributed by atoms with Crippen molar-refractivity contribution in [2.45, 2.75) is 25.5 Å². The Labute approximate surface area is 172 Å². The Morgan fingerprint density at radius 2 is 1.93 bits per heavy atom. The molecular formula is C20H21N3O5S. The zero-order valence-electron chi connectivity index (χ0n) is 16.2. The van der Waals surface area contributed by atoms with E-state index in [1.165, 1.54) is 11.8 Å². The van der Waals surface area contributed by atoms with Crippen molar-refractivity contribution in [2.24, 2.45) is 0 Å². The van der Waals surface area contributed by atoms with E-state index in [1.807, 2.05) is 18.4 Å². The van der Waals surface area contributed by atoms with Crippen LogP contribution >= 0.6 is 11.8 Å². The smallest absolute Gasteiger partial charge is 0.316 e. The van der Waals surface area contributed by atoms with Gasteiger partial charge in [0.2, 0.25) is 0 Å². The van der Waals surface area contributed by atoms with Gasteiger partial charge in [0.1, 0.15) is 5.75 Å². The summed E-state index contributed by atoms with van der Waals surface area (Å²) in [4.78, 5) is 24.2. The second-order valence-electron chi connectivity index (χ2n) is 5.86. The van der Waals surface area contributed by atoms with E-state index in [9.17, 15) is 9.59 Å². The van der Waals surface area contributed by atoms with E-state index >= 15 is 0 Å². The molecule has 3 aromatic rings. The average molecular weight is 415 g/mol. The third kappa shape index (κ3) is 5.26. The molecule has 0 atom stereocenters. The van der Waals surface area contributed by atoms with Crippen molar-refractivity contribution < 1.29 is 23.5 Å². The monoisotopic (exact) mass is 415 g/mol. The molecule has 0 N–H and O–H groups in total. The van der Waals surface area contributed by atoms with Gasteiger partial charge in [-0.25, -0.2) is 0 Å². The lowest BCUT2D eigenvalue weighted by Gasteiger charge is -2.07. The molecule has 0 unspecified atom stereocenters. The van der Waals surface area contributed by atoms with Gasteiger partial charge in [-0.05, 0) is 50.2 Å². The summed E-state index contributed by atoms with van der Waals surface area (Å²) in [7, 11) is 0. The molecule has 0 saturated carbocycles. The Kier molecular flexibility index (Phi) is 7.07. The first-order valence-electron chi connectivity index (χ1n) is 9.14. The van der Waals surface area contributed by atoms with Gasteiger partial charge in [-0.15, -0.1) is 10.2 Å². The summed E-state index contributed by atoms with van der Waals surface area (Å²) in [6.07, 6.45) is 1.57. The highest BCUT2D eigenvalue weighted by atomic mass is 32.2. The topological polar surface area (TPSA) is 96.5 Å². The molecule has 0 aliphatic rings. The molecule has 0 radical (unpaired) electrons. The molecular weight excluding hydrogens is 394 g/mol. The number of aromatic nitrogens is 3. The van der Waals surface area contributed by atoms with Gasteiger partial charge in [-0.1, -0.05) is 11.8 Å². The molecule has 0 aliphatic carbocycles. The van der Waals surface area contributed by atoms with E-state index in [4.69, 9.17) is 13.9 Å². The van der Waals surface area contributed by atoms with Crippen LogP contribution in [-0.4, -0.2) is 45.5 Å². The molecule has 3 rings (SSSR count). The lowest BCUT2D eigenvalue weighted by atomic mass is 10.1. The maximum Gasteiger partial charge on any atom is 0.316 e. The van der Waals surface area contributed by atoms with Gasteiger partial charge in [-0.2, -0.15) is 0 Å². The summed E-state index contributed by atoms with van der Waals surface area (Å²) < 4.78 is 17.6. The molecule has 0 aliphatic heterocycles. The van der Waals surface area contributed by atoms with Crippen molar-refractivity contribution in [3.05, 3.63) is 48.2 Å². The minimum Gasteiger partial charge on any atom is -0.494 e. The van der Waals surface area contributed by atoms with Crippen LogP contribution in [0.15, 0.2) is 52.2 Å². The number of ketones is 1. The quantitative estimate of drug-likeness (QED) is 0.282. The highest BCUT2D eigenvalue weighted by Gasteiger charge is 2.17. The molecule has 29 heavy (non-hydrogen) atoms. The molecule has 2 aromatic heterocycles. The summed E-state index contributed by atoms with van der Waals surface area (Å²) in [5, 5.41) is 8.81. The zero-order chi connectivity index (χ0) is 20.6. The lowest BCUT2D eigenvalue weighted by molar-refractivity contribution is -0.139. The Morgan fingerprint density at radius 1 is 1.14 bits per heavy atom. The molecule has 8 nitrogen and oxygen atoms in total. The number of furan rings is 1. The molecule has 9 heteroatoms. The van der Waals surface area contributed by atoms with Crippen molar-refractivity contribution >= 4 is 23.5 Å². The van der Waals surface area contributed by atoms with E-state index < -0.39 is 5.97 Å². The van der Waals surface area contributed by atoms with E-state index in [0.29, 0.717) is 41.2 Å². The summed E-state index contributed by atoms with van der Waals surface area (Å²) in [5.41, 5.74) is 0.461. The molecule has 0 spiro atoms. The van der Waals surface area contributed by atoms with E-state index in [2.05, 4.69) is 10.2 Å². The van der Waals surface area contributed by atoms with Crippen LogP contribution in [0.1, 0.15) is 24.2 Å². The fourth-order valence-electron chi connectivity index (χ4n) is 2.57. The minimum atomic E-state index is -0.500. The van der Waals surface area contributed by atoms with Gasteiger partial charge in [0.25, 0.3) is 0 Å². The van der Waals surface area contributed by atoms with Gasteiger partial charge >= 0.3 is 5.97 Å². The third-order valence-electron chi connectivity index (χ3n) is 3.95. The fraction of sp³-hybridized carbons (Fsp3) is 0.300. The third-order valence-corrected chi connectivity index (χ3v) is 4.89. The van der Waals surface area contributed by atoms with Crippen LogP contribution in [0.25, 0.3) is 11.6 Å². The minimum absolute atomic E-state index is 0.0207. The van der Waals surface area contributed by atoms with Crippen LogP contribution in [0.2, 0.25) is 0 Å². The number of ether oxygens (including phenoxy) is 2. The Balaban J connectivity index is 1.51. The van der Waals surface area contributed by atoms with Gasteiger partial charge in [0, 0.05) is 12.1 Å².